The average molecular weight is 346 g/mol. The number of benzene rings is 1. The second-order valence-corrected chi connectivity index (χ2v) is 6.80. The summed E-state index contributed by atoms with van der Waals surface area (Å²) in [5.41, 5.74) is 0.721. The van der Waals surface area contributed by atoms with E-state index in [9.17, 15) is 9.59 Å². The molecule has 1 amide bonds. The van der Waals surface area contributed by atoms with Crippen molar-refractivity contribution in [3.8, 4) is 5.75 Å². The van der Waals surface area contributed by atoms with Crippen LogP contribution in [0.25, 0.3) is 0 Å². The number of carboxylic acid groups (broad SMARTS) is 1. The molecule has 0 spiro atoms. The first-order valence-electron chi connectivity index (χ1n) is 7.69. The Morgan fingerprint density at radius 1 is 1.38 bits per heavy atom. The van der Waals surface area contributed by atoms with Crippen LogP contribution in [0.3, 0.4) is 0 Å². The zero-order valence-electron chi connectivity index (χ0n) is 13.2. The fraction of sp³-hybridized carbons (Fsp3) is 0.353. The number of ether oxygens (including phenoxy) is 1. The maximum absolute atomic E-state index is 12.4. The van der Waals surface area contributed by atoms with Crippen LogP contribution in [0, 0.1) is 0 Å². The van der Waals surface area contributed by atoms with Crippen LogP contribution >= 0.6 is 11.3 Å². The van der Waals surface area contributed by atoms with Gasteiger partial charge in [-0.15, -0.1) is 11.3 Å². The molecule has 2 aromatic rings. The van der Waals surface area contributed by atoms with Gasteiger partial charge in [0.25, 0.3) is 5.91 Å². The van der Waals surface area contributed by atoms with Crippen LogP contribution in [-0.2, 0) is 4.79 Å². The van der Waals surface area contributed by atoms with Gasteiger partial charge in [-0.3, -0.25) is 9.59 Å². The minimum absolute atomic E-state index is 0.188. The predicted molar refractivity (Wildman–Crippen MR) is 89.5 cm³/mol. The SMILES string of the molecule is COc1ccc([C@H](CC(=O)O)NC(=O)c2cnc(C3CC3)s2)cc1. The molecule has 126 valence electrons. The van der Waals surface area contributed by atoms with Crippen molar-refractivity contribution in [2.75, 3.05) is 7.11 Å². The van der Waals surface area contributed by atoms with Crippen LogP contribution in [0.5, 0.6) is 5.75 Å². The van der Waals surface area contributed by atoms with E-state index in [1.165, 1.54) is 11.3 Å². The van der Waals surface area contributed by atoms with Crippen molar-refractivity contribution in [1.82, 2.24) is 10.3 Å². The topological polar surface area (TPSA) is 88.5 Å². The maximum Gasteiger partial charge on any atom is 0.305 e. The van der Waals surface area contributed by atoms with Crippen molar-refractivity contribution < 1.29 is 19.4 Å². The zero-order valence-corrected chi connectivity index (χ0v) is 14.0. The summed E-state index contributed by atoms with van der Waals surface area (Å²) in [6, 6.07) is 6.40. The summed E-state index contributed by atoms with van der Waals surface area (Å²) in [7, 11) is 1.56. The van der Waals surface area contributed by atoms with Crippen molar-refractivity contribution >= 4 is 23.2 Å². The summed E-state index contributed by atoms with van der Waals surface area (Å²) >= 11 is 1.38. The molecule has 2 N–H and O–H groups in total. The van der Waals surface area contributed by atoms with E-state index in [1.54, 1.807) is 37.6 Å². The number of nitrogens with zero attached hydrogens (tertiary/aromatic N) is 1. The first-order valence-corrected chi connectivity index (χ1v) is 8.51. The summed E-state index contributed by atoms with van der Waals surface area (Å²) in [4.78, 5) is 28.4. The number of rotatable bonds is 7. The molecule has 0 bridgehead atoms. The molecule has 0 aliphatic heterocycles. The van der Waals surface area contributed by atoms with Crippen LogP contribution in [0.2, 0.25) is 0 Å². The number of carbonyl (C=O) groups is 2. The monoisotopic (exact) mass is 346 g/mol. The smallest absolute Gasteiger partial charge is 0.305 e. The second-order valence-electron chi connectivity index (χ2n) is 5.73. The van der Waals surface area contributed by atoms with Gasteiger partial charge in [-0.25, -0.2) is 4.98 Å². The van der Waals surface area contributed by atoms with Crippen molar-refractivity contribution in [3.05, 3.63) is 45.9 Å². The molecular weight excluding hydrogens is 328 g/mol. The van der Waals surface area contributed by atoms with E-state index in [0.29, 0.717) is 16.5 Å². The number of carbonyl (C=O) groups excluding carboxylic acids is 1. The van der Waals surface area contributed by atoms with Crippen LogP contribution < -0.4 is 10.1 Å². The summed E-state index contributed by atoms with van der Waals surface area (Å²) in [5, 5.41) is 12.9. The van der Waals surface area contributed by atoms with Crippen molar-refractivity contribution in [1.29, 1.82) is 0 Å². The molecule has 1 aliphatic rings. The summed E-state index contributed by atoms with van der Waals surface area (Å²) in [6.45, 7) is 0. The largest absolute Gasteiger partial charge is 0.497 e. The van der Waals surface area contributed by atoms with Crippen LogP contribution in [0.4, 0.5) is 0 Å². The molecule has 7 heteroatoms. The van der Waals surface area contributed by atoms with Gasteiger partial charge >= 0.3 is 5.97 Å². The Hall–Kier alpha value is -2.41. The highest BCUT2D eigenvalue weighted by Crippen LogP contribution is 2.41. The normalized spacial score (nSPS) is 14.9. The number of aliphatic carboxylic acids is 1. The van der Waals surface area contributed by atoms with Gasteiger partial charge in [-0.2, -0.15) is 0 Å². The molecule has 1 fully saturated rings. The minimum Gasteiger partial charge on any atom is -0.497 e. The number of amides is 1. The first-order chi connectivity index (χ1) is 11.6. The fourth-order valence-electron chi connectivity index (χ4n) is 2.40. The molecule has 1 saturated carbocycles. The van der Waals surface area contributed by atoms with E-state index in [0.717, 1.165) is 23.4 Å². The maximum atomic E-state index is 12.4. The third-order valence-corrected chi connectivity index (χ3v) is 5.03. The molecule has 0 saturated heterocycles. The summed E-state index contributed by atoms with van der Waals surface area (Å²) in [6.07, 6.45) is 3.63. The van der Waals surface area contributed by atoms with Crippen LogP contribution in [-0.4, -0.2) is 29.1 Å². The molecule has 3 rings (SSSR count). The lowest BCUT2D eigenvalue weighted by Gasteiger charge is -2.17. The fourth-order valence-corrected chi connectivity index (χ4v) is 3.39. The minimum atomic E-state index is -0.973. The quantitative estimate of drug-likeness (QED) is 0.804. The Labute approximate surface area is 143 Å². The zero-order chi connectivity index (χ0) is 17.1. The van der Waals surface area contributed by atoms with E-state index >= 15 is 0 Å². The van der Waals surface area contributed by atoms with E-state index in [1.807, 2.05) is 0 Å². The van der Waals surface area contributed by atoms with Gasteiger partial charge in [0.2, 0.25) is 0 Å². The Balaban J connectivity index is 1.74. The van der Waals surface area contributed by atoms with Crippen molar-refractivity contribution in [3.63, 3.8) is 0 Å². The number of methoxy groups -OCH3 is 1. The lowest BCUT2D eigenvalue weighted by atomic mass is 10.0. The summed E-state index contributed by atoms with van der Waals surface area (Å²) < 4.78 is 5.10. The van der Waals surface area contributed by atoms with Gasteiger partial charge in [0.15, 0.2) is 0 Å². The highest BCUT2D eigenvalue weighted by Gasteiger charge is 2.28. The molecule has 0 radical (unpaired) electrons. The highest BCUT2D eigenvalue weighted by atomic mass is 32.1. The Bertz CT molecular complexity index is 737. The lowest BCUT2D eigenvalue weighted by molar-refractivity contribution is -0.137. The van der Waals surface area contributed by atoms with E-state index in [4.69, 9.17) is 9.84 Å². The van der Waals surface area contributed by atoms with E-state index in [-0.39, 0.29) is 12.3 Å². The Morgan fingerprint density at radius 3 is 2.67 bits per heavy atom. The molecule has 1 aromatic carbocycles. The van der Waals surface area contributed by atoms with Crippen LogP contribution in [0.1, 0.15) is 51.5 Å². The summed E-state index contributed by atoms with van der Waals surface area (Å²) in [5.74, 6) is -0.0933. The van der Waals surface area contributed by atoms with Gasteiger partial charge in [-0.1, -0.05) is 12.1 Å². The predicted octanol–water partition coefficient (Wildman–Crippen LogP) is 2.97. The number of carboxylic acids is 1. The second kappa shape index (κ2) is 7.00. The average Bonchev–Trinajstić information content (AvgIpc) is 3.30. The number of thiazole rings is 1. The molecule has 1 aliphatic carbocycles. The first kappa shape index (κ1) is 16.4. The number of hydrogen-bond acceptors (Lipinski definition) is 5. The van der Waals surface area contributed by atoms with E-state index in [2.05, 4.69) is 10.3 Å². The molecule has 6 nitrogen and oxygen atoms in total. The molecule has 24 heavy (non-hydrogen) atoms. The van der Waals surface area contributed by atoms with Gasteiger partial charge in [0, 0.05) is 5.92 Å². The third kappa shape index (κ3) is 3.91. The number of hydrogen-bond donors (Lipinski definition) is 2. The number of nitrogens with one attached hydrogen (secondary N) is 1. The lowest BCUT2D eigenvalue weighted by Crippen LogP contribution is -2.29. The van der Waals surface area contributed by atoms with Crippen molar-refractivity contribution in [2.24, 2.45) is 0 Å². The number of aromatic nitrogens is 1. The highest BCUT2D eigenvalue weighted by molar-refractivity contribution is 7.13. The third-order valence-electron chi connectivity index (χ3n) is 3.88. The molecule has 1 heterocycles. The van der Waals surface area contributed by atoms with Crippen LogP contribution in [0.15, 0.2) is 30.5 Å². The van der Waals surface area contributed by atoms with Gasteiger partial charge < -0.3 is 15.2 Å². The van der Waals surface area contributed by atoms with E-state index < -0.39 is 12.0 Å². The molecule has 0 unspecified atom stereocenters. The Kier molecular flexibility index (Phi) is 4.80. The van der Waals surface area contributed by atoms with Gasteiger partial charge in [-0.05, 0) is 30.5 Å². The van der Waals surface area contributed by atoms with Gasteiger partial charge in [0.1, 0.15) is 10.6 Å². The van der Waals surface area contributed by atoms with Crippen molar-refractivity contribution in [2.45, 2.75) is 31.2 Å². The Morgan fingerprint density at radius 2 is 2.08 bits per heavy atom. The molecular formula is C17H18N2O4S. The van der Waals surface area contributed by atoms with Gasteiger partial charge in [0.05, 0.1) is 30.8 Å². The molecule has 1 atom stereocenters. The molecule has 1 aromatic heterocycles. The standard InChI is InChI=1S/C17H18N2O4S/c1-23-12-6-4-10(5-7-12)13(8-15(20)21)19-16(22)14-9-18-17(24-14)11-2-3-11/h4-7,9,11,13H,2-3,8H2,1H3,(H,19,22)(H,20,21)/t13-/m0/s1.